The Kier molecular flexibility index (Phi) is 5.39. The SMILES string of the molecule is COCO[C@H]1CO[C@H]([C@H]2CC[C@H](C#N)CC2)OC1. The summed E-state index contributed by atoms with van der Waals surface area (Å²) >= 11 is 0. The summed E-state index contributed by atoms with van der Waals surface area (Å²) in [7, 11) is 1.60. The van der Waals surface area contributed by atoms with Gasteiger partial charge in [-0.15, -0.1) is 0 Å². The summed E-state index contributed by atoms with van der Waals surface area (Å²) in [6, 6.07) is 2.34. The second-order valence-corrected chi connectivity index (χ2v) is 4.97. The molecule has 2 rings (SSSR count). The first-order valence-corrected chi connectivity index (χ1v) is 6.57. The lowest BCUT2D eigenvalue weighted by Gasteiger charge is -2.36. The third kappa shape index (κ3) is 3.66. The number of rotatable bonds is 4. The van der Waals surface area contributed by atoms with Crippen molar-refractivity contribution in [1.82, 2.24) is 0 Å². The summed E-state index contributed by atoms with van der Waals surface area (Å²) in [5.41, 5.74) is 0. The van der Waals surface area contributed by atoms with Gasteiger partial charge >= 0.3 is 0 Å². The number of nitriles is 1. The first kappa shape index (κ1) is 13.8. The number of hydrogen-bond acceptors (Lipinski definition) is 5. The molecule has 18 heavy (non-hydrogen) atoms. The lowest BCUT2D eigenvalue weighted by Crippen LogP contribution is -2.42. The summed E-state index contributed by atoms with van der Waals surface area (Å²) in [4.78, 5) is 0. The minimum absolute atomic E-state index is 0.0309. The quantitative estimate of drug-likeness (QED) is 0.715. The van der Waals surface area contributed by atoms with E-state index >= 15 is 0 Å². The van der Waals surface area contributed by atoms with Gasteiger partial charge in [-0.1, -0.05) is 0 Å². The summed E-state index contributed by atoms with van der Waals surface area (Å²) in [6.45, 7) is 1.40. The van der Waals surface area contributed by atoms with Crippen molar-refractivity contribution in [3.63, 3.8) is 0 Å². The van der Waals surface area contributed by atoms with E-state index in [4.69, 9.17) is 24.2 Å². The highest BCUT2D eigenvalue weighted by molar-refractivity contribution is 4.88. The summed E-state index contributed by atoms with van der Waals surface area (Å²) in [6.07, 6.45) is 3.82. The molecule has 0 N–H and O–H groups in total. The van der Waals surface area contributed by atoms with Crippen LogP contribution in [0.25, 0.3) is 0 Å². The number of hydrogen-bond donors (Lipinski definition) is 0. The molecule has 1 aliphatic carbocycles. The smallest absolute Gasteiger partial charge is 0.160 e. The monoisotopic (exact) mass is 255 g/mol. The van der Waals surface area contributed by atoms with E-state index in [1.165, 1.54) is 0 Å². The lowest BCUT2D eigenvalue weighted by molar-refractivity contribution is -0.258. The summed E-state index contributed by atoms with van der Waals surface area (Å²) in [5, 5.41) is 8.86. The van der Waals surface area contributed by atoms with Gasteiger partial charge in [-0.25, -0.2) is 0 Å². The topological polar surface area (TPSA) is 60.7 Å². The van der Waals surface area contributed by atoms with Crippen molar-refractivity contribution in [2.75, 3.05) is 27.1 Å². The van der Waals surface area contributed by atoms with Gasteiger partial charge in [-0.05, 0) is 25.7 Å². The van der Waals surface area contributed by atoms with Crippen LogP contribution in [0.4, 0.5) is 0 Å². The maximum atomic E-state index is 8.86. The molecule has 0 bridgehead atoms. The fourth-order valence-corrected chi connectivity index (χ4v) is 2.55. The molecule has 0 aromatic heterocycles. The fourth-order valence-electron chi connectivity index (χ4n) is 2.55. The van der Waals surface area contributed by atoms with E-state index in [1.54, 1.807) is 7.11 Å². The molecule has 0 spiro atoms. The van der Waals surface area contributed by atoms with E-state index in [2.05, 4.69) is 6.07 Å². The molecular formula is C13H21NO4. The van der Waals surface area contributed by atoms with Crippen molar-refractivity contribution in [1.29, 1.82) is 5.26 Å². The molecule has 5 nitrogen and oxygen atoms in total. The van der Waals surface area contributed by atoms with Crippen molar-refractivity contribution in [2.24, 2.45) is 11.8 Å². The Morgan fingerprint density at radius 2 is 1.83 bits per heavy atom. The molecule has 1 saturated carbocycles. The standard InChI is InChI=1S/C13H21NO4/c1-15-9-18-12-7-16-13(17-8-12)11-4-2-10(6-14)3-5-11/h10-13H,2-5,7-9H2,1H3/t10-,11-,12-,13-. The zero-order valence-corrected chi connectivity index (χ0v) is 10.8. The Balaban J connectivity index is 1.69. The predicted molar refractivity (Wildman–Crippen MR) is 63.5 cm³/mol. The van der Waals surface area contributed by atoms with Gasteiger partial charge in [0.15, 0.2) is 6.29 Å². The minimum Gasteiger partial charge on any atom is -0.359 e. The van der Waals surface area contributed by atoms with Gasteiger partial charge in [0.05, 0.1) is 19.3 Å². The Labute approximate surface area is 108 Å². The van der Waals surface area contributed by atoms with E-state index in [1.807, 2.05) is 0 Å². The molecule has 2 fully saturated rings. The predicted octanol–water partition coefficient (Wildman–Crippen LogP) is 1.68. The van der Waals surface area contributed by atoms with Gasteiger partial charge in [-0.2, -0.15) is 5.26 Å². The van der Waals surface area contributed by atoms with Gasteiger partial charge in [0.25, 0.3) is 0 Å². The zero-order valence-electron chi connectivity index (χ0n) is 10.8. The van der Waals surface area contributed by atoms with Crippen molar-refractivity contribution in [3.8, 4) is 6.07 Å². The van der Waals surface area contributed by atoms with Crippen molar-refractivity contribution < 1.29 is 18.9 Å². The highest BCUT2D eigenvalue weighted by Gasteiger charge is 2.32. The molecule has 0 amide bonds. The van der Waals surface area contributed by atoms with Crippen LogP contribution in [-0.2, 0) is 18.9 Å². The lowest BCUT2D eigenvalue weighted by atomic mass is 9.82. The molecule has 1 heterocycles. The summed E-state index contributed by atoms with van der Waals surface area (Å²) in [5.74, 6) is 0.653. The van der Waals surface area contributed by atoms with E-state index in [9.17, 15) is 0 Å². The average Bonchev–Trinajstić information content (AvgIpc) is 2.46. The summed E-state index contributed by atoms with van der Waals surface area (Å²) < 4.78 is 21.7. The van der Waals surface area contributed by atoms with Gasteiger partial charge < -0.3 is 18.9 Å². The molecule has 0 atom stereocenters. The Hall–Kier alpha value is -0.670. The van der Waals surface area contributed by atoms with Crippen LogP contribution >= 0.6 is 0 Å². The zero-order chi connectivity index (χ0) is 12.8. The van der Waals surface area contributed by atoms with E-state index in [-0.39, 0.29) is 25.1 Å². The fraction of sp³-hybridized carbons (Fsp3) is 0.923. The second-order valence-electron chi connectivity index (χ2n) is 4.97. The van der Waals surface area contributed by atoms with Crippen LogP contribution in [0, 0.1) is 23.2 Å². The van der Waals surface area contributed by atoms with Gasteiger partial charge in [0, 0.05) is 18.9 Å². The Morgan fingerprint density at radius 1 is 1.17 bits per heavy atom. The van der Waals surface area contributed by atoms with Crippen molar-refractivity contribution >= 4 is 0 Å². The normalized spacial score (nSPS) is 37.1. The van der Waals surface area contributed by atoms with Crippen molar-refractivity contribution in [3.05, 3.63) is 0 Å². The van der Waals surface area contributed by atoms with Crippen LogP contribution < -0.4 is 0 Å². The average molecular weight is 255 g/mol. The third-order valence-corrected chi connectivity index (χ3v) is 3.65. The molecular weight excluding hydrogens is 234 g/mol. The van der Waals surface area contributed by atoms with Gasteiger partial charge in [0.2, 0.25) is 0 Å². The Bertz CT molecular complexity index is 275. The highest BCUT2D eigenvalue weighted by atomic mass is 16.7. The van der Waals surface area contributed by atoms with Crippen molar-refractivity contribution in [2.45, 2.75) is 38.1 Å². The molecule has 2 aliphatic rings. The first-order chi connectivity index (χ1) is 8.83. The minimum atomic E-state index is -0.118. The van der Waals surface area contributed by atoms with Crippen LogP contribution in [0.1, 0.15) is 25.7 Å². The maximum Gasteiger partial charge on any atom is 0.160 e. The molecule has 0 aromatic rings. The second kappa shape index (κ2) is 7.05. The Morgan fingerprint density at radius 3 is 2.39 bits per heavy atom. The largest absolute Gasteiger partial charge is 0.359 e. The van der Waals surface area contributed by atoms with Gasteiger partial charge in [0.1, 0.15) is 12.9 Å². The molecule has 0 unspecified atom stereocenters. The highest BCUT2D eigenvalue weighted by Crippen LogP contribution is 2.33. The van der Waals surface area contributed by atoms with Crippen LogP contribution in [0.15, 0.2) is 0 Å². The third-order valence-electron chi connectivity index (χ3n) is 3.65. The van der Waals surface area contributed by atoms with Gasteiger partial charge in [-0.3, -0.25) is 0 Å². The number of ether oxygens (including phenoxy) is 4. The van der Waals surface area contributed by atoms with E-state index in [0.29, 0.717) is 19.1 Å². The van der Waals surface area contributed by atoms with E-state index in [0.717, 1.165) is 25.7 Å². The van der Waals surface area contributed by atoms with Crippen LogP contribution in [-0.4, -0.2) is 39.5 Å². The number of methoxy groups -OCH3 is 1. The van der Waals surface area contributed by atoms with Crippen LogP contribution in [0.3, 0.4) is 0 Å². The molecule has 0 radical (unpaired) electrons. The molecule has 1 aliphatic heterocycles. The van der Waals surface area contributed by atoms with E-state index < -0.39 is 0 Å². The number of nitrogens with zero attached hydrogens (tertiary/aromatic N) is 1. The maximum absolute atomic E-state index is 8.86. The van der Waals surface area contributed by atoms with Crippen LogP contribution in [0.5, 0.6) is 0 Å². The first-order valence-electron chi connectivity index (χ1n) is 6.57. The molecule has 102 valence electrons. The molecule has 0 aromatic carbocycles. The molecule has 1 saturated heterocycles. The van der Waals surface area contributed by atoms with Crippen LogP contribution in [0.2, 0.25) is 0 Å². The molecule has 5 heteroatoms.